The van der Waals surface area contributed by atoms with Gasteiger partial charge in [-0.1, -0.05) is 174 Å². The van der Waals surface area contributed by atoms with Crippen molar-refractivity contribution < 1.29 is 42.1 Å². The average Bonchev–Trinajstić information content (AvgIpc) is 3.13. The van der Waals surface area contributed by atoms with Gasteiger partial charge in [-0.3, -0.25) is 18.6 Å². The lowest BCUT2D eigenvalue weighted by molar-refractivity contribution is -0.870. The standard InChI is InChI=1S/C45H88NO8P/c1-6-8-10-12-14-16-18-20-21-22-23-24-25-26-28-30-32-34-36-38-45(48)54-43(42-53-55(49,50)52-40-39-46(3,4)5)41-51-44(47)37-35-33-31-29-27-19-17-15-13-11-9-7-2/h20-21,43H,6-19,22-42H2,1-5H3/p+1/b21-20-. The Morgan fingerprint density at radius 1 is 0.545 bits per heavy atom. The molecule has 0 bridgehead atoms. The number of nitrogens with zero attached hydrogens (tertiary/aromatic N) is 1. The molecule has 2 unspecified atom stereocenters. The molecule has 0 aliphatic heterocycles. The van der Waals surface area contributed by atoms with E-state index < -0.39 is 26.5 Å². The van der Waals surface area contributed by atoms with Crippen molar-refractivity contribution in [2.45, 2.75) is 219 Å². The lowest BCUT2D eigenvalue weighted by Crippen LogP contribution is -2.37. The Morgan fingerprint density at radius 2 is 0.927 bits per heavy atom. The minimum Gasteiger partial charge on any atom is -0.462 e. The van der Waals surface area contributed by atoms with E-state index in [9.17, 15) is 19.0 Å². The van der Waals surface area contributed by atoms with E-state index in [2.05, 4.69) is 26.0 Å². The highest BCUT2D eigenvalue weighted by Gasteiger charge is 2.27. The lowest BCUT2D eigenvalue weighted by Gasteiger charge is -2.24. The summed E-state index contributed by atoms with van der Waals surface area (Å²) < 4.78 is 34.3. The molecule has 0 saturated heterocycles. The number of rotatable bonds is 42. The number of likely N-dealkylation sites (N-methyl/N-ethyl adjacent to an activating group) is 1. The summed E-state index contributed by atoms with van der Waals surface area (Å²) in [6.45, 7) is 4.44. The molecule has 0 spiro atoms. The summed E-state index contributed by atoms with van der Waals surface area (Å²) in [5, 5.41) is 0. The van der Waals surface area contributed by atoms with Crippen molar-refractivity contribution in [2.75, 3.05) is 47.5 Å². The zero-order valence-corrected chi connectivity index (χ0v) is 37.6. The van der Waals surface area contributed by atoms with Crippen LogP contribution in [0.15, 0.2) is 12.2 Å². The Kier molecular flexibility index (Phi) is 37.4. The molecule has 0 rings (SSSR count). The fourth-order valence-corrected chi connectivity index (χ4v) is 7.16. The van der Waals surface area contributed by atoms with Crippen LogP contribution < -0.4 is 0 Å². The molecule has 0 aromatic rings. The summed E-state index contributed by atoms with van der Waals surface area (Å²) in [6.07, 6.45) is 39.7. The van der Waals surface area contributed by atoms with Crippen LogP contribution in [0.3, 0.4) is 0 Å². The van der Waals surface area contributed by atoms with Crippen molar-refractivity contribution in [1.82, 2.24) is 0 Å². The van der Waals surface area contributed by atoms with E-state index in [0.717, 1.165) is 32.1 Å². The highest BCUT2D eigenvalue weighted by atomic mass is 31.2. The molecule has 0 aliphatic carbocycles. The smallest absolute Gasteiger partial charge is 0.462 e. The molecule has 2 atom stereocenters. The maximum Gasteiger partial charge on any atom is 0.472 e. The number of hydrogen-bond donors (Lipinski definition) is 1. The molecule has 0 amide bonds. The fraction of sp³-hybridized carbons (Fsp3) is 0.911. The number of unbranched alkanes of at least 4 members (excludes halogenated alkanes) is 26. The summed E-state index contributed by atoms with van der Waals surface area (Å²) in [6, 6.07) is 0. The fourth-order valence-electron chi connectivity index (χ4n) is 6.42. The Bertz CT molecular complexity index is 954. The second-order valence-electron chi connectivity index (χ2n) is 16.8. The molecule has 0 aromatic carbocycles. The van der Waals surface area contributed by atoms with Crippen LogP contribution in [-0.4, -0.2) is 74.9 Å². The Morgan fingerprint density at radius 3 is 1.35 bits per heavy atom. The van der Waals surface area contributed by atoms with Gasteiger partial charge < -0.3 is 18.9 Å². The summed E-state index contributed by atoms with van der Waals surface area (Å²) in [5.41, 5.74) is 0. The predicted molar refractivity (Wildman–Crippen MR) is 229 cm³/mol. The van der Waals surface area contributed by atoms with Gasteiger partial charge in [0.25, 0.3) is 0 Å². The minimum absolute atomic E-state index is 0.0345. The van der Waals surface area contributed by atoms with Crippen LogP contribution >= 0.6 is 7.82 Å². The van der Waals surface area contributed by atoms with Gasteiger partial charge in [-0.15, -0.1) is 0 Å². The van der Waals surface area contributed by atoms with Crippen molar-refractivity contribution in [2.24, 2.45) is 0 Å². The number of phosphoric ester groups is 1. The lowest BCUT2D eigenvalue weighted by atomic mass is 10.0. The highest BCUT2D eigenvalue weighted by Crippen LogP contribution is 2.43. The van der Waals surface area contributed by atoms with Crippen LogP contribution in [0.4, 0.5) is 0 Å². The van der Waals surface area contributed by atoms with Crippen LogP contribution in [0.1, 0.15) is 213 Å². The van der Waals surface area contributed by atoms with Gasteiger partial charge in [0, 0.05) is 12.8 Å². The Labute approximate surface area is 339 Å². The van der Waals surface area contributed by atoms with Crippen LogP contribution in [0, 0.1) is 0 Å². The van der Waals surface area contributed by atoms with Crippen LogP contribution in [0.25, 0.3) is 0 Å². The molecule has 10 heteroatoms. The molecule has 326 valence electrons. The number of carbonyl (C=O) groups is 2. The van der Waals surface area contributed by atoms with Crippen LogP contribution in [-0.2, 0) is 32.7 Å². The number of hydrogen-bond acceptors (Lipinski definition) is 7. The third-order valence-corrected chi connectivity index (χ3v) is 11.0. The summed E-state index contributed by atoms with van der Waals surface area (Å²) in [4.78, 5) is 35.4. The first-order chi connectivity index (χ1) is 26.5. The molecule has 0 aromatic heterocycles. The third-order valence-electron chi connectivity index (χ3n) is 10.0. The normalized spacial score (nSPS) is 13.6. The third kappa shape index (κ3) is 42.2. The second kappa shape index (κ2) is 38.3. The topological polar surface area (TPSA) is 108 Å². The number of phosphoric acid groups is 1. The van der Waals surface area contributed by atoms with Crippen molar-refractivity contribution in [3.63, 3.8) is 0 Å². The molecule has 9 nitrogen and oxygen atoms in total. The van der Waals surface area contributed by atoms with Gasteiger partial charge in [-0.2, -0.15) is 0 Å². The second-order valence-corrected chi connectivity index (χ2v) is 18.2. The summed E-state index contributed by atoms with van der Waals surface area (Å²) in [5.74, 6) is -0.791. The van der Waals surface area contributed by atoms with Crippen LogP contribution in [0.5, 0.6) is 0 Å². The number of esters is 2. The van der Waals surface area contributed by atoms with Gasteiger partial charge in [-0.25, -0.2) is 4.57 Å². The van der Waals surface area contributed by atoms with E-state index in [1.807, 2.05) is 21.1 Å². The van der Waals surface area contributed by atoms with Gasteiger partial charge in [0.2, 0.25) is 0 Å². The average molecular weight is 803 g/mol. The predicted octanol–water partition coefficient (Wildman–Crippen LogP) is 13.0. The number of allylic oxidation sites excluding steroid dienone is 2. The SMILES string of the molecule is CCCCCCCC/C=C\CCCCCCCCCCCC(=O)OC(COC(=O)CCCCCCCCCCCCCC)COP(=O)(O)OCC[N+](C)(C)C. The van der Waals surface area contributed by atoms with E-state index in [0.29, 0.717) is 23.9 Å². The number of ether oxygens (including phenoxy) is 2. The van der Waals surface area contributed by atoms with Crippen molar-refractivity contribution in [1.29, 1.82) is 0 Å². The van der Waals surface area contributed by atoms with E-state index in [4.69, 9.17) is 18.5 Å². The molecule has 0 fully saturated rings. The maximum absolute atomic E-state index is 12.7. The Balaban J connectivity index is 4.28. The first kappa shape index (κ1) is 53.8. The molecular weight excluding hydrogens is 713 g/mol. The molecule has 0 radical (unpaired) electrons. The van der Waals surface area contributed by atoms with E-state index in [-0.39, 0.29) is 25.6 Å². The van der Waals surface area contributed by atoms with Crippen molar-refractivity contribution >= 4 is 19.8 Å². The van der Waals surface area contributed by atoms with Gasteiger partial charge in [0.1, 0.15) is 19.8 Å². The number of carbonyl (C=O) groups excluding carboxylic acids is 2. The van der Waals surface area contributed by atoms with Gasteiger partial charge in [-0.05, 0) is 38.5 Å². The van der Waals surface area contributed by atoms with Gasteiger partial charge in [0.15, 0.2) is 6.10 Å². The molecule has 1 N–H and O–H groups in total. The monoisotopic (exact) mass is 803 g/mol. The molecular formula is C45H89NO8P+. The van der Waals surface area contributed by atoms with Gasteiger partial charge >= 0.3 is 19.8 Å². The zero-order chi connectivity index (χ0) is 40.7. The quantitative estimate of drug-likeness (QED) is 0.0214. The first-order valence-electron chi connectivity index (χ1n) is 22.9. The molecule has 0 heterocycles. The van der Waals surface area contributed by atoms with Crippen molar-refractivity contribution in [3.05, 3.63) is 12.2 Å². The summed E-state index contributed by atoms with van der Waals surface area (Å²) in [7, 11) is 1.49. The zero-order valence-electron chi connectivity index (χ0n) is 36.7. The molecule has 0 saturated carbocycles. The minimum atomic E-state index is -4.37. The Hall–Kier alpha value is -1.25. The van der Waals surface area contributed by atoms with Gasteiger partial charge in [0.05, 0.1) is 27.7 Å². The van der Waals surface area contributed by atoms with E-state index >= 15 is 0 Å². The van der Waals surface area contributed by atoms with Crippen molar-refractivity contribution in [3.8, 4) is 0 Å². The summed E-state index contributed by atoms with van der Waals surface area (Å²) >= 11 is 0. The largest absolute Gasteiger partial charge is 0.472 e. The molecule has 0 aliphatic rings. The van der Waals surface area contributed by atoms with E-state index in [1.54, 1.807) is 0 Å². The molecule has 55 heavy (non-hydrogen) atoms. The number of quaternary nitrogens is 1. The van der Waals surface area contributed by atoms with Crippen LogP contribution in [0.2, 0.25) is 0 Å². The maximum atomic E-state index is 12.7. The van der Waals surface area contributed by atoms with E-state index in [1.165, 1.54) is 148 Å². The highest BCUT2D eigenvalue weighted by molar-refractivity contribution is 7.47. The first-order valence-corrected chi connectivity index (χ1v) is 24.4.